The molecule has 0 amide bonds. The molecule has 2 aromatic carbocycles. The number of nitrogens with zero attached hydrogens (tertiary/aromatic N) is 6. The van der Waals surface area contributed by atoms with Gasteiger partial charge in [0.05, 0.1) is 0 Å². The van der Waals surface area contributed by atoms with Crippen molar-refractivity contribution >= 4 is 33.7 Å². The molecule has 0 radical (unpaired) electrons. The standard InChI is InChI=1S/C17H9ClN6O/c18-11-5-3-4-10(8-11)16-21-23-24(22-16)17-15-14(19-9-20-17)12-6-1-2-7-13(12)25-15/h1-9H. The molecular formula is C17H9ClN6O. The molecule has 8 heteroatoms. The monoisotopic (exact) mass is 348 g/mol. The average Bonchev–Trinajstić information content (AvgIpc) is 3.26. The second-order valence-electron chi connectivity index (χ2n) is 5.39. The fourth-order valence-corrected chi connectivity index (χ4v) is 2.89. The van der Waals surface area contributed by atoms with Gasteiger partial charge in [0.25, 0.3) is 0 Å². The van der Waals surface area contributed by atoms with Crippen LogP contribution in [0.5, 0.6) is 0 Å². The number of hydrogen-bond donors (Lipinski definition) is 0. The van der Waals surface area contributed by atoms with Crippen molar-refractivity contribution in [3.8, 4) is 17.2 Å². The van der Waals surface area contributed by atoms with E-state index >= 15 is 0 Å². The summed E-state index contributed by atoms with van der Waals surface area (Å²) >= 11 is 6.02. The highest BCUT2D eigenvalue weighted by atomic mass is 35.5. The van der Waals surface area contributed by atoms with Crippen LogP contribution >= 0.6 is 11.6 Å². The van der Waals surface area contributed by atoms with Crippen LogP contribution in [0.3, 0.4) is 0 Å². The first-order valence-electron chi connectivity index (χ1n) is 7.48. The van der Waals surface area contributed by atoms with Crippen LogP contribution in [0.25, 0.3) is 39.3 Å². The Morgan fingerprint density at radius 3 is 2.84 bits per heavy atom. The predicted molar refractivity (Wildman–Crippen MR) is 92.5 cm³/mol. The highest BCUT2D eigenvalue weighted by Crippen LogP contribution is 2.29. The molecule has 25 heavy (non-hydrogen) atoms. The minimum atomic E-state index is 0.432. The molecule has 120 valence electrons. The summed E-state index contributed by atoms with van der Waals surface area (Å²) in [5, 5.41) is 14.1. The molecule has 5 aromatic rings. The number of para-hydroxylation sites is 1. The maximum atomic E-state index is 6.02. The van der Waals surface area contributed by atoms with Gasteiger partial charge >= 0.3 is 0 Å². The summed E-state index contributed by atoms with van der Waals surface area (Å²) < 4.78 is 5.90. The third kappa shape index (κ3) is 2.25. The van der Waals surface area contributed by atoms with Gasteiger partial charge in [0.1, 0.15) is 17.4 Å². The van der Waals surface area contributed by atoms with E-state index < -0.39 is 0 Å². The third-order valence-electron chi connectivity index (χ3n) is 3.83. The van der Waals surface area contributed by atoms with Gasteiger partial charge in [-0.1, -0.05) is 35.9 Å². The molecule has 0 aliphatic rings. The summed E-state index contributed by atoms with van der Waals surface area (Å²) in [5.41, 5.74) is 2.73. The molecule has 0 saturated carbocycles. The SMILES string of the molecule is Clc1cccc(-c2nnn(-c3ncnc4c3oc3ccccc34)n2)c1. The van der Waals surface area contributed by atoms with Crippen LogP contribution in [-0.4, -0.2) is 30.2 Å². The van der Waals surface area contributed by atoms with Crippen LogP contribution in [0.15, 0.2) is 59.3 Å². The number of benzene rings is 2. The fraction of sp³-hybridized carbons (Fsp3) is 0. The zero-order valence-corrected chi connectivity index (χ0v) is 13.4. The number of fused-ring (bicyclic) bond motifs is 3. The van der Waals surface area contributed by atoms with Gasteiger partial charge in [-0.25, -0.2) is 9.97 Å². The zero-order valence-electron chi connectivity index (χ0n) is 12.7. The molecule has 0 aliphatic carbocycles. The van der Waals surface area contributed by atoms with Gasteiger partial charge in [-0.05, 0) is 29.5 Å². The average molecular weight is 349 g/mol. The lowest BCUT2D eigenvalue weighted by molar-refractivity contribution is 0.637. The molecule has 3 aromatic heterocycles. The van der Waals surface area contributed by atoms with Crippen molar-refractivity contribution < 1.29 is 4.42 Å². The van der Waals surface area contributed by atoms with Crippen molar-refractivity contribution in [2.24, 2.45) is 0 Å². The van der Waals surface area contributed by atoms with E-state index in [1.807, 2.05) is 36.4 Å². The van der Waals surface area contributed by atoms with E-state index in [2.05, 4.69) is 25.4 Å². The number of furan rings is 1. The lowest BCUT2D eigenvalue weighted by Gasteiger charge is -1.97. The van der Waals surface area contributed by atoms with Gasteiger partial charge in [-0.15, -0.1) is 15.0 Å². The molecule has 0 saturated heterocycles. The summed E-state index contributed by atoms with van der Waals surface area (Å²) in [6, 6.07) is 14.9. The Morgan fingerprint density at radius 1 is 1.00 bits per heavy atom. The van der Waals surface area contributed by atoms with Crippen molar-refractivity contribution in [3.05, 3.63) is 59.9 Å². The van der Waals surface area contributed by atoms with Crippen LogP contribution in [0.4, 0.5) is 0 Å². The van der Waals surface area contributed by atoms with E-state index in [4.69, 9.17) is 16.0 Å². The number of tetrazole rings is 1. The molecule has 0 atom stereocenters. The van der Waals surface area contributed by atoms with Gasteiger partial charge in [0, 0.05) is 16.0 Å². The molecule has 0 fully saturated rings. The summed E-state index contributed by atoms with van der Waals surface area (Å²) in [4.78, 5) is 9.92. The van der Waals surface area contributed by atoms with Crippen molar-refractivity contribution in [2.45, 2.75) is 0 Å². The largest absolute Gasteiger partial charge is 0.450 e. The van der Waals surface area contributed by atoms with Gasteiger partial charge in [-0.3, -0.25) is 0 Å². The first kappa shape index (κ1) is 14.1. The van der Waals surface area contributed by atoms with E-state index in [1.165, 1.54) is 11.1 Å². The summed E-state index contributed by atoms with van der Waals surface area (Å²) in [5.74, 6) is 0.882. The van der Waals surface area contributed by atoms with E-state index in [9.17, 15) is 0 Å². The molecule has 0 unspecified atom stereocenters. The van der Waals surface area contributed by atoms with E-state index in [0.717, 1.165) is 16.5 Å². The quantitative estimate of drug-likeness (QED) is 0.484. The molecule has 3 heterocycles. The first-order chi connectivity index (χ1) is 12.3. The van der Waals surface area contributed by atoms with Crippen LogP contribution < -0.4 is 0 Å². The first-order valence-corrected chi connectivity index (χ1v) is 7.86. The second kappa shape index (κ2) is 5.35. The maximum absolute atomic E-state index is 6.02. The molecule has 0 spiro atoms. The lowest BCUT2D eigenvalue weighted by Crippen LogP contribution is -2.02. The van der Waals surface area contributed by atoms with Crippen LogP contribution in [0, 0.1) is 0 Å². The molecule has 0 N–H and O–H groups in total. The van der Waals surface area contributed by atoms with E-state index in [-0.39, 0.29) is 0 Å². The van der Waals surface area contributed by atoms with E-state index in [0.29, 0.717) is 27.8 Å². The number of halogens is 1. The predicted octanol–water partition coefficient (Wildman–Crippen LogP) is 3.67. The Balaban J connectivity index is 1.69. The van der Waals surface area contributed by atoms with Crippen molar-refractivity contribution in [1.82, 2.24) is 30.2 Å². The van der Waals surface area contributed by atoms with Crippen molar-refractivity contribution in [2.75, 3.05) is 0 Å². The highest BCUT2D eigenvalue weighted by molar-refractivity contribution is 6.30. The third-order valence-corrected chi connectivity index (χ3v) is 4.06. The summed E-state index contributed by atoms with van der Waals surface area (Å²) in [6.45, 7) is 0. The van der Waals surface area contributed by atoms with Gasteiger partial charge in [0.2, 0.25) is 11.6 Å². The second-order valence-corrected chi connectivity index (χ2v) is 5.82. The Labute approximate surface area is 145 Å². The van der Waals surface area contributed by atoms with Gasteiger partial charge < -0.3 is 4.42 Å². The van der Waals surface area contributed by atoms with Crippen molar-refractivity contribution in [1.29, 1.82) is 0 Å². The normalized spacial score (nSPS) is 11.4. The minimum Gasteiger partial charge on any atom is -0.450 e. The highest BCUT2D eigenvalue weighted by Gasteiger charge is 2.17. The van der Waals surface area contributed by atoms with Crippen LogP contribution in [0.1, 0.15) is 0 Å². The molecule has 0 bridgehead atoms. The molecule has 0 aliphatic heterocycles. The molecular weight excluding hydrogens is 340 g/mol. The van der Waals surface area contributed by atoms with Gasteiger partial charge in [0.15, 0.2) is 5.58 Å². The Hall–Kier alpha value is -3.32. The maximum Gasteiger partial charge on any atom is 0.223 e. The van der Waals surface area contributed by atoms with Crippen molar-refractivity contribution in [3.63, 3.8) is 0 Å². The summed E-state index contributed by atoms with van der Waals surface area (Å²) in [6.07, 6.45) is 1.46. The van der Waals surface area contributed by atoms with Crippen LogP contribution in [-0.2, 0) is 0 Å². The number of rotatable bonds is 2. The number of aromatic nitrogens is 6. The Morgan fingerprint density at radius 2 is 1.92 bits per heavy atom. The summed E-state index contributed by atoms with van der Waals surface area (Å²) in [7, 11) is 0. The minimum absolute atomic E-state index is 0.432. The smallest absolute Gasteiger partial charge is 0.223 e. The lowest BCUT2D eigenvalue weighted by atomic mass is 10.2. The topological polar surface area (TPSA) is 82.5 Å². The van der Waals surface area contributed by atoms with E-state index in [1.54, 1.807) is 12.1 Å². The van der Waals surface area contributed by atoms with Gasteiger partial charge in [-0.2, -0.15) is 0 Å². The fourth-order valence-electron chi connectivity index (χ4n) is 2.70. The Kier molecular flexibility index (Phi) is 3.01. The molecule has 7 nitrogen and oxygen atoms in total. The van der Waals surface area contributed by atoms with Crippen LogP contribution in [0.2, 0.25) is 5.02 Å². The Bertz CT molecular complexity index is 1230. The molecule has 5 rings (SSSR count). The zero-order chi connectivity index (χ0) is 16.8. The number of hydrogen-bond acceptors (Lipinski definition) is 6.